The van der Waals surface area contributed by atoms with Crippen molar-refractivity contribution in [2.45, 2.75) is 56.3 Å². The molecule has 2 atom stereocenters. The van der Waals surface area contributed by atoms with Gasteiger partial charge in [-0.2, -0.15) is 13.2 Å². The lowest BCUT2D eigenvalue weighted by Gasteiger charge is -2.40. The molecule has 172 valence electrons. The number of hydrogen-bond donors (Lipinski definition) is 1. The van der Waals surface area contributed by atoms with E-state index in [0.29, 0.717) is 24.9 Å². The molecular weight excluding hydrogens is 449 g/mol. The maximum atomic E-state index is 13.7. The third-order valence-electron chi connectivity index (χ3n) is 6.58. The molecule has 3 fully saturated rings. The van der Waals surface area contributed by atoms with Crippen LogP contribution < -0.4 is 0 Å². The molecule has 11 heteroatoms. The van der Waals surface area contributed by atoms with E-state index in [2.05, 4.69) is 4.98 Å². The van der Waals surface area contributed by atoms with Crippen molar-refractivity contribution in [3.8, 4) is 0 Å². The Hall–Kier alpha value is -2.33. The maximum Gasteiger partial charge on any atom is 0.419 e. The number of aromatic nitrogens is 2. The number of β-amino-alcohol motifs (C(OH)–C–C–N with tert-alkyl or cyclic N) is 1. The first kappa shape index (κ1) is 21.5. The van der Waals surface area contributed by atoms with E-state index >= 15 is 0 Å². The monoisotopic (exact) mass is 470 g/mol. The summed E-state index contributed by atoms with van der Waals surface area (Å²) in [4.78, 5) is 32.1. The molecule has 5 rings (SSSR count). The normalized spacial score (nSPS) is 24.6. The molecule has 3 aliphatic rings. The fraction of sp³-hybridized carbons (Fsp3) is 0.571. The minimum Gasteiger partial charge on any atom is -0.389 e. The highest BCUT2D eigenvalue weighted by Crippen LogP contribution is 2.43. The van der Waals surface area contributed by atoms with E-state index in [1.54, 1.807) is 4.90 Å². The van der Waals surface area contributed by atoms with Crippen LogP contribution >= 0.6 is 11.6 Å². The van der Waals surface area contributed by atoms with Gasteiger partial charge in [-0.15, -0.1) is 0 Å². The Bertz CT molecular complexity index is 1100. The summed E-state index contributed by atoms with van der Waals surface area (Å²) in [6, 6.07) is 0.718. The lowest BCUT2D eigenvalue weighted by atomic mass is 10.00. The van der Waals surface area contributed by atoms with E-state index in [9.17, 15) is 27.9 Å². The SMILES string of the molecule is O=C(c1nc2c(C(F)(F)F)cc(C3CC3)cn2c1Cl)N1CCC(N2CCCC2=O)C(O)C1. The average Bonchev–Trinajstić information content (AvgIpc) is 3.43. The summed E-state index contributed by atoms with van der Waals surface area (Å²) >= 11 is 6.35. The van der Waals surface area contributed by atoms with Crippen LogP contribution in [-0.2, 0) is 11.0 Å². The van der Waals surface area contributed by atoms with Crippen LogP contribution in [0, 0.1) is 0 Å². The van der Waals surface area contributed by atoms with Crippen LogP contribution in [0.2, 0.25) is 5.15 Å². The number of carbonyl (C=O) groups is 2. The fourth-order valence-electron chi connectivity index (χ4n) is 4.76. The molecule has 2 unspecified atom stereocenters. The molecule has 0 radical (unpaired) electrons. The number of aliphatic hydroxyl groups excluding tert-OH is 1. The van der Waals surface area contributed by atoms with Gasteiger partial charge in [-0.3, -0.25) is 14.0 Å². The number of carbonyl (C=O) groups excluding carboxylic acids is 2. The third-order valence-corrected chi connectivity index (χ3v) is 6.94. The van der Waals surface area contributed by atoms with Crippen LogP contribution in [0.4, 0.5) is 13.2 Å². The van der Waals surface area contributed by atoms with Crippen LogP contribution in [0.1, 0.15) is 59.6 Å². The van der Waals surface area contributed by atoms with Gasteiger partial charge in [-0.05, 0) is 43.2 Å². The number of likely N-dealkylation sites (tertiary alicyclic amines) is 2. The number of fused-ring (bicyclic) bond motifs is 1. The quantitative estimate of drug-likeness (QED) is 0.748. The Labute approximate surface area is 186 Å². The van der Waals surface area contributed by atoms with Crippen molar-refractivity contribution in [1.82, 2.24) is 19.2 Å². The number of piperidine rings is 1. The molecule has 0 aromatic carbocycles. The number of rotatable bonds is 3. The molecule has 1 saturated carbocycles. The smallest absolute Gasteiger partial charge is 0.389 e. The van der Waals surface area contributed by atoms with Gasteiger partial charge >= 0.3 is 6.18 Å². The van der Waals surface area contributed by atoms with E-state index in [1.807, 2.05) is 0 Å². The minimum atomic E-state index is -4.64. The molecule has 1 aliphatic carbocycles. The third kappa shape index (κ3) is 3.63. The highest BCUT2D eigenvalue weighted by molar-refractivity contribution is 6.33. The van der Waals surface area contributed by atoms with Gasteiger partial charge < -0.3 is 14.9 Å². The number of alkyl halides is 3. The van der Waals surface area contributed by atoms with Gasteiger partial charge in [0.1, 0.15) is 5.15 Å². The summed E-state index contributed by atoms with van der Waals surface area (Å²) < 4.78 is 42.2. The van der Waals surface area contributed by atoms with Gasteiger partial charge in [0.2, 0.25) is 5.91 Å². The number of hydrogen-bond acceptors (Lipinski definition) is 4. The van der Waals surface area contributed by atoms with Crippen LogP contribution in [-0.4, -0.2) is 67.9 Å². The molecule has 2 amide bonds. The lowest BCUT2D eigenvalue weighted by Crippen LogP contribution is -2.55. The number of nitrogens with zero attached hydrogens (tertiary/aromatic N) is 4. The Morgan fingerprint density at radius 1 is 1.22 bits per heavy atom. The number of pyridine rings is 1. The topological polar surface area (TPSA) is 78.2 Å². The Morgan fingerprint density at radius 2 is 1.97 bits per heavy atom. The van der Waals surface area contributed by atoms with Crippen molar-refractivity contribution in [2.24, 2.45) is 0 Å². The fourth-order valence-corrected chi connectivity index (χ4v) is 5.01. The van der Waals surface area contributed by atoms with E-state index in [4.69, 9.17) is 11.6 Å². The standard InChI is InChI=1S/C21H22ClF3N4O3/c22-18-17(20(32)27-7-5-14(15(30)10-27)28-6-1-2-16(28)31)26-19-13(21(23,24)25)8-12(9-29(18)19)11-3-4-11/h8-9,11,14-15,30H,1-7,10H2. The molecule has 32 heavy (non-hydrogen) atoms. The summed E-state index contributed by atoms with van der Waals surface area (Å²) in [5, 5.41) is 10.4. The van der Waals surface area contributed by atoms with Gasteiger partial charge in [-0.25, -0.2) is 4.98 Å². The van der Waals surface area contributed by atoms with E-state index < -0.39 is 29.4 Å². The number of halogens is 4. The summed E-state index contributed by atoms with van der Waals surface area (Å²) in [6.07, 6.45) is -0.868. The van der Waals surface area contributed by atoms with Crippen molar-refractivity contribution < 1.29 is 27.9 Å². The number of amides is 2. The van der Waals surface area contributed by atoms with Crippen LogP contribution in [0.3, 0.4) is 0 Å². The summed E-state index contributed by atoms with van der Waals surface area (Å²) in [7, 11) is 0. The summed E-state index contributed by atoms with van der Waals surface area (Å²) in [6.45, 7) is 0.779. The van der Waals surface area contributed by atoms with Gasteiger partial charge in [0, 0.05) is 32.3 Å². The highest BCUT2D eigenvalue weighted by atomic mass is 35.5. The molecule has 2 saturated heterocycles. The predicted octanol–water partition coefficient (Wildman–Crippen LogP) is 3.08. The first-order chi connectivity index (χ1) is 15.1. The van der Waals surface area contributed by atoms with Gasteiger partial charge in [-0.1, -0.05) is 11.6 Å². The number of imidazole rings is 1. The second kappa shape index (κ2) is 7.62. The van der Waals surface area contributed by atoms with E-state index in [-0.39, 0.29) is 41.8 Å². The predicted molar refractivity (Wildman–Crippen MR) is 108 cm³/mol. The van der Waals surface area contributed by atoms with Crippen molar-refractivity contribution in [1.29, 1.82) is 0 Å². The number of aliphatic hydroxyl groups is 1. The van der Waals surface area contributed by atoms with Crippen molar-refractivity contribution in [3.05, 3.63) is 34.2 Å². The maximum absolute atomic E-state index is 13.7. The minimum absolute atomic E-state index is 0.0108. The molecule has 2 aliphatic heterocycles. The van der Waals surface area contributed by atoms with Crippen LogP contribution in [0.5, 0.6) is 0 Å². The van der Waals surface area contributed by atoms with Crippen molar-refractivity contribution in [3.63, 3.8) is 0 Å². The van der Waals surface area contributed by atoms with E-state index in [1.165, 1.54) is 11.1 Å². The zero-order chi connectivity index (χ0) is 22.8. The molecule has 7 nitrogen and oxygen atoms in total. The van der Waals surface area contributed by atoms with E-state index in [0.717, 1.165) is 29.7 Å². The van der Waals surface area contributed by atoms with Crippen molar-refractivity contribution in [2.75, 3.05) is 19.6 Å². The molecule has 4 heterocycles. The average molecular weight is 471 g/mol. The lowest BCUT2D eigenvalue weighted by molar-refractivity contribution is -0.136. The Kier molecular flexibility index (Phi) is 5.12. The first-order valence-electron chi connectivity index (χ1n) is 10.7. The molecule has 0 spiro atoms. The Balaban J connectivity index is 1.44. The van der Waals surface area contributed by atoms with Gasteiger partial charge in [0.25, 0.3) is 5.91 Å². The molecule has 2 aromatic rings. The second-order valence-electron chi connectivity index (χ2n) is 8.77. The summed E-state index contributed by atoms with van der Waals surface area (Å²) in [5.74, 6) is -0.589. The molecule has 0 bridgehead atoms. The van der Waals surface area contributed by atoms with Gasteiger partial charge in [0.05, 0.1) is 17.7 Å². The highest BCUT2D eigenvalue weighted by Gasteiger charge is 2.40. The Morgan fingerprint density at radius 3 is 2.56 bits per heavy atom. The zero-order valence-electron chi connectivity index (χ0n) is 17.1. The first-order valence-corrected chi connectivity index (χ1v) is 11.1. The molecular formula is C21H22ClF3N4O3. The largest absolute Gasteiger partial charge is 0.419 e. The van der Waals surface area contributed by atoms with Gasteiger partial charge in [0.15, 0.2) is 11.3 Å². The zero-order valence-corrected chi connectivity index (χ0v) is 17.9. The van der Waals surface area contributed by atoms with Crippen molar-refractivity contribution >= 4 is 29.1 Å². The van der Waals surface area contributed by atoms with Crippen LogP contribution in [0.15, 0.2) is 12.3 Å². The molecule has 1 N–H and O–H groups in total. The summed E-state index contributed by atoms with van der Waals surface area (Å²) in [5.41, 5.74) is -1.08. The molecule has 2 aromatic heterocycles. The van der Waals surface area contributed by atoms with Crippen LogP contribution in [0.25, 0.3) is 5.65 Å². The second-order valence-corrected chi connectivity index (χ2v) is 9.13.